The van der Waals surface area contributed by atoms with Crippen LogP contribution in [0.25, 0.3) is 0 Å². The van der Waals surface area contributed by atoms with E-state index in [-0.39, 0.29) is 0 Å². The molecule has 0 unspecified atom stereocenters. The zero-order valence-electron chi connectivity index (χ0n) is 8.17. The molecule has 0 aliphatic carbocycles. The molecule has 0 atom stereocenters. The molecular weight excluding hydrogens is 146 g/mol. The van der Waals surface area contributed by atoms with Crippen LogP contribution in [0.2, 0.25) is 0 Å². The SMILES string of the molecule is C=C/C=C(C)/C=C\N=C(C)CC. The predicted octanol–water partition coefficient (Wildman–Crippen LogP) is 3.50. The number of hydrogen-bond acceptors (Lipinski definition) is 1. The topological polar surface area (TPSA) is 12.4 Å². The molecule has 0 N–H and O–H groups in total. The molecule has 0 rings (SSSR count). The van der Waals surface area contributed by atoms with Crippen LogP contribution in [0.1, 0.15) is 27.2 Å². The summed E-state index contributed by atoms with van der Waals surface area (Å²) in [5.41, 5.74) is 2.32. The lowest BCUT2D eigenvalue weighted by Gasteiger charge is -1.89. The van der Waals surface area contributed by atoms with Crippen LogP contribution in [0.3, 0.4) is 0 Å². The molecular formula is C11H17N. The Morgan fingerprint density at radius 3 is 2.58 bits per heavy atom. The Hall–Kier alpha value is -1.11. The Bertz CT molecular complexity index is 219. The lowest BCUT2D eigenvalue weighted by atomic mass is 10.3. The summed E-state index contributed by atoms with van der Waals surface area (Å²) in [6, 6.07) is 0. The van der Waals surface area contributed by atoms with Gasteiger partial charge in [0.15, 0.2) is 0 Å². The quantitative estimate of drug-likeness (QED) is 0.444. The van der Waals surface area contributed by atoms with E-state index < -0.39 is 0 Å². The van der Waals surface area contributed by atoms with Crippen LogP contribution in [-0.4, -0.2) is 5.71 Å². The molecule has 1 heteroatoms. The molecule has 0 saturated carbocycles. The van der Waals surface area contributed by atoms with Gasteiger partial charge in [0.1, 0.15) is 0 Å². The summed E-state index contributed by atoms with van der Waals surface area (Å²) in [4.78, 5) is 4.23. The van der Waals surface area contributed by atoms with Crippen LogP contribution >= 0.6 is 0 Å². The summed E-state index contributed by atoms with van der Waals surface area (Å²) in [5, 5.41) is 0. The molecule has 0 aromatic rings. The van der Waals surface area contributed by atoms with Gasteiger partial charge in [-0.3, -0.25) is 4.99 Å². The van der Waals surface area contributed by atoms with Crippen molar-refractivity contribution in [2.75, 3.05) is 0 Å². The summed E-state index contributed by atoms with van der Waals surface area (Å²) in [7, 11) is 0. The highest BCUT2D eigenvalue weighted by atomic mass is 14.7. The largest absolute Gasteiger partial charge is 0.266 e. The summed E-state index contributed by atoms with van der Waals surface area (Å²) in [5.74, 6) is 0. The van der Waals surface area contributed by atoms with Gasteiger partial charge in [0.2, 0.25) is 0 Å². The van der Waals surface area contributed by atoms with Crippen molar-refractivity contribution in [3.05, 3.63) is 36.6 Å². The van der Waals surface area contributed by atoms with Gasteiger partial charge in [-0.2, -0.15) is 0 Å². The standard InChI is InChI=1S/C11H17N/c1-5-7-10(3)8-9-12-11(4)6-2/h5,7-9H,1,6H2,2-4H3/b9-8-,10-7+,12-11?. The first-order valence-electron chi connectivity index (χ1n) is 4.19. The second-order valence-electron chi connectivity index (χ2n) is 2.68. The van der Waals surface area contributed by atoms with Crippen LogP contribution in [0.15, 0.2) is 41.6 Å². The van der Waals surface area contributed by atoms with E-state index in [0.717, 1.165) is 17.7 Å². The molecule has 0 fully saturated rings. The first-order chi connectivity index (χ1) is 5.70. The lowest BCUT2D eigenvalue weighted by molar-refractivity contribution is 1.25. The molecule has 0 amide bonds. The Kier molecular flexibility index (Phi) is 5.98. The van der Waals surface area contributed by atoms with Gasteiger partial charge in [0.05, 0.1) is 0 Å². The van der Waals surface area contributed by atoms with Gasteiger partial charge in [-0.05, 0) is 31.9 Å². The van der Waals surface area contributed by atoms with E-state index in [1.807, 2.05) is 32.2 Å². The minimum Gasteiger partial charge on any atom is -0.266 e. The van der Waals surface area contributed by atoms with Crippen molar-refractivity contribution in [1.29, 1.82) is 0 Å². The molecule has 0 aromatic heterocycles. The second kappa shape index (κ2) is 6.59. The fraction of sp³-hybridized carbons (Fsp3) is 0.364. The van der Waals surface area contributed by atoms with Gasteiger partial charge < -0.3 is 0 Å². The third-order valence-corrected chi connectivity index (χ3v) is 1.52. The maximum atomic E-state index is 4.23. The highest BCUT2D eigenvalue weighted by molar-refractivity contribution is 5.82. The smallest absolute Gasteiger partial charge is 0.0269 e. The summed E-state index contributed by atoms with van der Waals surface area (Å²) in [6.45, 7) is 9.76. The molecule has 0 radical (unpaired) electrons. The first kappa shape index (κ1) is 10.9. The Morgan fingerprint density at radius 2 is 2.08 bits per heavy atom. The van der Waals surface area contributed by atoms with Crippen molar-refractivity contribution in [3.63, 3.8) is 0 Å². The van der Waals surface area contributed by atoms with Gasteiger partial charge in [-0.25, -0.2) is 0 Å². The van der Waals surface area contributed by atoms with E-state index in [0.29, 0.717) is 0 Å². The maximum absolute atomic E-state index is 4.23. The third kappa shape index (κ3) is 5.66. The van der Waals surface area contributed by atoms with Gasteiger partial charge in [0.25, 0.3) is 0 Å². The lowest BCUT2D eigenvalue weighted by Crippen LogP contribution is -1.83. The van der Waals surface area contributed by atoms with Gasteiger partial charge in [-0.15, -0.1) is 0 Å². The number of aliphatic imine (C=N–C) groups is 1. The average Bonchev–Trinajstić information content (AvgIpc) is 2.04. The van der Waals surface area contributed by atoms with E-state index in [9.17, 15) is 0 Å². The maximum Gasteiger partial charge on any atom is 0.0269 e. The van der Waals surface area contributed by atoms with Crippen LogP contribution in [0.4, 0.5) is 0 Å². The van der Waals surface area contributed by atoms with E-state index in [4.69, 9.17) is 0 Å². The van der Waals surface area contributed by atoms with Crippen LogP contribution < -0.4 is 0 Å². The van der Waals surface area contributed by atoms with Crippen molar-refractivity contribution in [2.24, 2.45) is 4.99 Å². The van der Waals surface area contributed by atoms with E-state index >= 15 is 0 Å². The van der Waals surface area contributed by atoms with Crippen LogP contribution in [-0.2, 0) is 0 Å². The molecule has 12 heavy (non-hydrogen) atoms. The summed E-state index contributed by atoms with van der Waals surface area (Å²) in [6.07, 6.45) is 8.53. The molecule has 0 saturated heterocycles. The molecule has 0 heterocycles. The number of rotatable bonds is 4. The van der Waals surface area contributed by atoms with Crippen LogP contribution in [0, 0.1) is 0 Å². The normalized spacial score (nSPS) is 13.9. The molecule has 1 nitrogen and oxygen atoms in total. The number of nitrogens with zero attached hydrogens (tertiary/aromatic N) is 1. The summed E-state index contributed by atoms with van der Waals surface area (Å²) < 4.78 is 0. The van der Waals surface area contributed by atoms with Crippen molar-refractivity contribution in [3.8, 4) is 0 Å². The molecule has 0 bridgehead atoms. The van der Waals surface area contributed by atoms with Crippen molar-refractivity contribution in [1.82, 2.24) is 0 Å². The van der Waals surface area contributed by atoms with Crippen LogP contribution in [0.5, 0.6) is 0 Å². The zero-order valence-corrected chi connectivity index (χ0v) is 8.17. The zero-order chi connectivity index (χ0) is 9.40. The highest BCUT2D eigenvalue weighted by Gasteiger charge is 1.80. The molecule has 0 aromatic carbocycles. The van der Waals surface area contributed by atoms with E-state index in [2.05, 4.69) is 18.5 Å². The Morgan fingerprint density at radius 1 is 1.42 bits per heavy atom. The number of hydrogen-bond donors (Lipinski definition) is 0. The third-order valence-electron chi connectivity index (χ3n) is 1.52. The van der Waals surface area contributed by atoms with E-state index in [1.54, 1.807) is 6.08 Å². The molecule has 0 spiro atoms. The predicted molar refractivity (Wildman–Crippen MR) is 56.5 cm³/mol. The van der Waals surface area contributed by atoms with Crippen molar-refractivity contribution in [2.45, 2.75) is 27.2 Å². The monoisotopic (exact) mass is 163 g/mol. The molecule has 0 aliphatic rings. The van der Waals surface area contributed by atoms with Gasteiger partial charge >= 0.3 is 0 Å². The van der Waals surface area contributed by atoms with Gasteiger partial charge in [0, 0.05) is 11.9 Å². The highest BCUT2D eigenvalue weighted by Crippen LogP contribution is 1.95. The van der Waals surface area contributed by atoms with Crippen molar-refractivity contribution < 1.29 is 0 Å². The second-order valence-corrected chi connectivity index (χ2v) is 2.68. The summed E-state index contributed by atoms with van der Waals surface area (Å²) >= 11 is 0. The Labute approximate surface area is 75.2 Å². The van der Waals surface area contributed by atoms with Crippen molar-refractivity contribution >= 4 is 5.71 Å². The minimum atomic E-state index is 1.01. The fourth-order valence-electron chi connectivity index (χ4n) is 0.615. The number of allylic oxidation sites excluding steroid dienone is 4. The molecule has 0 aliphatic heterocycles. The first-order valence-corrected chi connectivity index (χ1v) is 4.19. The fourth-order valence-corrected chi connectivity index (χ4v) is 0.615. The molecule has 66 valence electrons. The van der Waals surface area contributed by atoms with Gasteiger partial charge in [-0.1, -0.05) is 25.7 Å². The Balaban J connectivity index is 4.08. The van der Waals surface area contributed by atoms with E-state index in [1.165, 1.54) is 0 Å². The minimum absolute atomic E-state index is 1.01. The average molecular weight is 163 g/mol.